The average Bonchev–Trinajstić information content (AvgIpc) is 2.14. The van der Waals surface area contributed by atoms with E-state index in [1.54, 1.807) is 11.3 Å². The van der Waals surface area contributed by atoms with Crippen LogP contribution in [0.5, 0.6) is 0 Å². The maximum Gasteiger partial charge on any atom is 0.0701 e. The minimum atomic E-state index is 0.129. The highest BCUT2D eigenvalue weighted by Gasteiger charge is 1.95. The van der Waals surface area contributed by atoms with Gasteiger partial charge in [0.25, 0.3) is 0 Å². The lowest BCUT2D eigenvalue weighted by Crippen LogP contribution is -1.75. The molecule has 1 rings (SSSR count). The summed E-state index contributed by atoms with van der Waals surface area (Å²) in [4.78, 5) is 0. The molecule has 1 heterocycles. The minimum Gasteiger partial charge on any atom is -0.392 e. The quantitative estimate of drug-likeness (QED) is 0.723. The molecule has 1 aromatic rings. The molecule has 1 aromatic heterocycles. The molecule has 0 spiro atoms. The van der Waals surface area contributed by atoms with Crippen LogP contribution in [0, 0.1) is 0 Å². The first-order chi connectivity index (χ1) is 3.84. The zero-order chi connectivity index (χ0) is 5.98. The zero-order valence-corrected chi connectivity index (χ0v) is 6.50. The second-order valence-electron chi connectivity index (χ2n) is 1.40. The Labute approximate surface area is 60.1 Å². The fourth-order valence-corrected chi connectivity index (χ4v) is 1.84. The van der Waals surface area contributed by atoms with E-state index < -0.39 is 0 Å². The van der Waals surface area contributed by atoms with Crippen molar-refractivity contribution in [2.45, 2.75) is 6.61 Å². The van der Waals surface area contributed by atoms with E-state index in [4.69, 9.17) is 5.11 Å². The largest absolute Gasteiger partial charge is 0.392 e. The molecule has 0 fully saturated rings. The van der Waals surface area contributed by atoms with Gasteiger partial charge >= 0.3 is 0 Å². The van der Waals surface area contributed by atoms with Crippen molar-refractivity contribution in [1.82, 2.24) is 0 Å². The summed E-state index contributed by atoms with van der Waals surface area (Å²) >= 11 is 4.86. The van der Waals surface area contributed by atoms with Gasteiger partial charge in [0.05, 0.1) is 6.61 Å². The van der Waals surface area contributed by atoms with Crippen molar-refractivity contribution in [3.63, 3.8) is 0 Å². The second-order valence-corrected chi connectivity index (χ2v) is 3.00. The number of aliphatic hydroxyl groups is 1. The predicted octanol–water partition coefficient (Wildman–Crippen LogP) is 2.00. The summed E-state index contributed by atoms with van der Waals surface area (Å²) in [5.74, 6) is 0. The lowest BCUT2D eigenvalue weighted by atomic mass is 10.4. The van der Waals surface area contributed by atoms with E-state index in [0.29, 0.717) is 0 Å². The Hall–Kier alpha value is 0.140. The topological polar surface area (TPSA) is 20.2 Å². The molecule has 0 saturated heterocycles. The van der Waals surface area contributed by atoms with Gasteiger partial charge in [-0.15, -0.1) is 0 Å². The first-order valence-electron chi connectivity index (χ1n) is 2.16. The van der Waals surface area contributed by atoms with Gasteiger partial charge in [0.2, 0.25) is 0 Å². The normalized spacial score (nSPS) is 9.75. The van der Waals surface area contributed by atoms with Crippen LogP contribution in [0.1, 0.15) is 5.56 Å². The van der Waals surface area contributed by atoms with E-state index >= 15 is 0 Å². The maximum atomic E-state index is 8.58. The first kappa shape index (κ1) is 6.26. The lowest BCUT2D eigenvalue weighted by Gasteiger charge is -1.85. The number of rotatable bonds is 1. The maximum absolute atomic E-state index is 8.58. The van der Waals surface area contributed by atoms with Gasteiger partial charge in [0.1, 0.15) is 0 Å². The van der Waals surface area contributed by atoms with Crippen LogP contribution in [0.3, 0.4) is 0 Å². The second kappa shape index (κ2) is 2.62. The Kier molecular flexibility index (Phi) is 2.05. The number of hydrogen-bond acceptors (Lipinski definition) is 2. The molecule has 0 saturated carbocycles. The molecule has 0 aliphatic heterocycles. The summed E-state index contributed by atoms with van der Waals surface area (Å²) in [5.41, 5.74) is 0.968. The van der Waals surface area contributed by atoms with Gasteiger partial charge in [-0.05, 0) is 21.3 Å². The van der Waals surface area contributed by atoms with E-state index in [1.165, 1.54) is 0 Å². The Morgan fingerprint density at radius 1 is 1.62 bits per heavy atom. The standard InChI is InChI=1S/C5H5BrOS/c6-5-3-8-2-4(5)1-7/h2-3,7H,1H2. The molecule has 1 nitrogen and oxygen atoms in total. The molecular formula is C5H5BrOS. The molecule has 0 bridgehead atoms. The van der Waals surface area contributed by atoms with Crippen LogP contribution in [-0.4, -0.2) is 5.11 Å². The van der Waals surface area contributed by atoms with Crippen molar-refractivity contribution in [3.8, 4) is 0 Å². The van der Waals surface area contributed by atoms with E-state index in [0.717, 1.165) is 10.0 Å². The lowest BCUT2D eigenvalue weighted by molar-refractivity contribution is 0.281. The zero-order valence-electron chi connectivity index (χ0n) is 4.10. The third-order valence-corrected chi connectivity index (χ3v) is 2.69. The molecule has 0 aliphatic carbocycles. The molecule has 44 valence electrons. The first-order valence-corrected chi connectivity index (χ1v) is 3.89. The summed E-state index contributed by atoms with van der Waals surface area (Å²) in [6.45, 7) is 0.129. The summed E-state index contributed by atoms with van der Waals surface area (Å²) in [6, 6.07) is 0. The number of hydrogen-bond donors (Lipinski definition) is 1. The van der Waals surface area contributed by atoms with Crippen molar-refractivity contribution < 1.29 is 5.11 Å². The van der Waals surface area contributed by atoms with Gasteiger partial charge in [0, 0.05) is 15.4 Å². The SMILES string of the molecule is OCc1cscc1Br. The molecule has 1 N–H and O–H groups in total. The van der Waals surface area contributed by atoms with Crippen LogP contribution >= 0.6 is 27.3 Å². The fourth-order valence-electron chi connectivity index (χ4n) is 0.421. The van der Waals surface area contributed by atoms with Gasteiger partial charge in [-0.1, -0.05) is 0 Å². The van der Waals surface area contributed by atoms with Crippen molar-refractivity contribution in [3.05, 3.63) is 20.8 Å². The van der Waals surface area contributed by atoms with Gasteiger partial charge in [0.15, 0.2) is 0 Å². The highest BCUT2D eigenvalue weighted by molar-refractivity contribution is 9.10. The van der Waals surface area contributed by atoms with Crippen LogP contribution in [-0.2, 0) is 6.61 Å². The third kappa shape index (κ3) is 1.10. The Morgan fingerprint density at radius 2 is 2.38 bits per heavy atom. The summed E-state index contributed by atoms with van der Waals surface area (Å²) in [7, 11) is 0. The van der Waals surface area contributed by atoms with Crippen LogP contribution < -0.4 is 0 Å². The molecule has 0 aromatic carbocycles. The monoisotopic (exact) mass is 192 g/mol. The van der Waals surface area contributed by atoms with Crippen LogP contribution in [0.2, 0.25) is 0 Å². The third-order valence-electron chi connectivity index (χ3n) is 0.859. The van der Waals surface area contributed by atoms with E-state index in [9.17, 15) is 0 Å². The Bertz CT molecular complexity index is 173. The molecule has 3 heteroatoms. The van der Waals surface area contributed by atoms with E-state index in [1.807, 2.05) is 10.8 Å². The minimum absolute atomic E-state index is 0.129. The predicted molar refractivity (Wildman–Crippen MR) is 37.9 cm³/mol. The Morgan fingerprint density at radius 3 is 2.62 bits per heavy atom. The smallest absolute Gasteiger partial charge is 0.0701 e. The van der Waals surface area contributed by atoms with Crippen molar-refractivity contribution in [2.75, 3.05) is 0 Å². The van der Waals surface area contributed by atoms with Crippen molar-refractivity contribution in [1.29, 1.82) is 0 Å². The van der Waals surface area contributed by atoms with Crippen molar-refractivity contribution in [2.24, 2.45) is 0 Å². The number of aliphatic hydroxyl groups excluding tert-OH is 1. The fraction of sp³-hybridized carbons (Fsp3) is 0.200. The molecular weight excluding hydrogens is 188 g/mol. The Balaban J connectivity index is 2.92. The average molecular weight is 193 g/mol. The molecule has 0 aliphatic rings. The summed E-state index contributed by atoms with van der Waals surface area (Å²) < 4.78 is 1.00. The highest BCUT2D eigenvalue weighted by Crippen LogP contribution is 2.20. The van der Waals surface area contributed by atoms with E-state index in [2.05, 4.69) is 15.9 Å². The van der Waals surface area contributed by atoms with Crippen molar-refractivity contribution >= 4 is 27.3 Å². The molecule has 8 heavy (non-hydrogen) atoms. The highest BCUT2D eigenvalue weighted by atomic mass is 79.9. The molecule has 0 atom stereocenters. The van der Waals surface area contributed by atoms with Gasteiger partial charge in [-0.3, -0.25) is 0 Å². The number of halogens is 1. The van der Waals surface area contributed by atoms with Gasteiger partial charge < -0.3 is 5.11 Å². The van der Waals surface area contributed by atoms with Gasteiger partial charge in [-0.2, -0.15) is 11.3 Å². The molecule has 0 unspecified atom stereocenters. The van der Waals surface area contributed by atoms with Crippen LogP contribution in [0.15, 0.2) is 15.2 Å². The number of thiophene rings is 1. The molecule has 0 amide bonds. The van der Waals surface area contributed by atoms with Crippen LogP contribution in [0.4, 0.5) is 0 Å². The van der Waals surface area contributed by atoms with Crippen LogP contribution in [0.25, 0.3) is 0 Å². The van der Waals surface area contributed by atoms with E-state index in [-0.39, 0.29) is 6.61 Å². The molecule has 0 radical (unpaired) electrons. The van der Waals surface area contributed by atoms with Gasteiger partial charge in [-0.25, -0.2) is 0 Å². The summed E-state index contributed by atoms with van der Waals surface area (Å²) in [6.07, 6.45) is 0. The summed E-state index contributed by atoms with van der Waals surface area (Å²) in [5, 5.41) is 12.5.